The molecule has 0 atom stereocenters. The minimum atomic E-state index is -3.12. The summed E-state index contributed by atoms with van der Waals surface area (Å²) in [5.41, 5.74) is 0. The van der Waals surface area contributed by atoms with E-state index in [1.165, 1.54) is 12.1 Å². The topological polar surface area (TPSA) is 27.7 Å². The van der Waals surface area contributed by atoms with Crippen LogP contribution in [0.4, 0.5) is 13.2 Å². The highest BCUT2D eigenvalue weighted by Gasteiger charge is 2.20. The number of hydrogen-bond donors (Lipinski definition) is 0. The number of benzene rings is 1. The third-order valence-corrected chi connectivity index (χ3v) is 1.83. The molecule has 1 aromatic carbocycles. The van der Waals surface area contributed by atoms with E-state index in [-0.39, 0.29) is 24.7 Å². The minimum Gasteiger partial charge on any atom is -0.491 e. The Hall–Kier alpha value is -1.59. The van der Waals surface area contributed by atoms with Gasteiger partial charge in [-0.15, -0.1) is 0 Å². The van der Waals surface area contributed by atoms with Gasteiger partial charge in [0.1, 0.15) is 0 Å². The first kappa shape index (κ1) is 13.5. The summed E-state index contributed by atoms with van der Waals surface area (Å²) in [5.74, 6) is -1.84. The number of ether oxygens (including phenoxy) is 3. The van der Waals surface area contributed by atoms with Crippen LogP contribution in [-0.2, 0) is 0 Å². The molecule has 0 aliphatic carbocycles. The van der Waals surface area contributed by atoms with Crippen LogP contribution in [0.25, 0.3) is 0 Å². The summed E-state index contributed by atoms with van der Waals surface area (Å²) in [6.07, 6.45) is 0. The van der Waals surface area contributed by atoms with Gasteiger partial charge in [-0.25, -0.2) is 0 Å². The van der Waals surface area contributed by atoms with Crippen molar-refractivity contribution in [2.75, 3.05) is 13.2 Å². The Balaban J connectivity index is 3.11. The van der Waals surface area contributed by atoms with Crippen molar-refractivity contribution in [3.05, 3.63) is 17.9 Å². The van der Waals surface area contributed by atoms with E-state index in [0.717, 1.165) is 0 Å². The van der Waals surface area contributed by atoms with Gasteiger partial charge in [-0.2, -0.15) is 13.2 Å². The van der Waals surface area contributed by atoms with E-state index in [2.05, 4.69) is 4.74 Å². The Morgan fingerprint density at radius 2 is 1.59 bits per heavy atom. The van der Waals surface area contributed by atoms with E-state index in [1.807, 2.05) is 0 Å². The van der Waals surface area contributed by atoms with Crippen LogP contribution in [0.15, 0.2) is 12.1 Å². The van der Waals surface area contributed by atoms with Gasteiger partial charge in [0, 0.05) is 0 Å². The lowest BCUT2D eigenvalue weighted by atomic mass is 10.3. The molecular formula is C11H13F3O3. The van der Waals surface area contributed by atoms with Crippen LogP contribution in [0.2, 0.25) is 0 Å². The van der Waals surface area contributed by atoms with Gasteiger partial charge >= 0.3 is 6.61 Å². The molecule has 0 aromatic heterocycles. The molecule has 0 spiro atoms. The Kier molecular flexibility index (Phi) is 4.93. The second kappa shape index (κ2) is 6.22. The Bertz CT molecular complexity index is 369. The van der Waals surface area contributed by atoms with Crippen molar-refractivity contribution in [2.45, 2.75) is 20.5 Å². The van der Waals surface area contributed by atoms with Gasteiger partial charge in [-0.3, -0.25) is 0 Å². The van der Waals surface area contributed by atoms with Crippen molar-refractivity contribution < 1.29 is 27.4 Å². The lowest BCUT2D eigenvalue weighted by Gasteiger charge is -2.14. The number of rotatable bonds is 6. The number of halogens is 3. The summed E-state index contributed by atoms with van der Waals surface area (Å²) in [6, 6.07) is 2.64. The maximum atomic E-state index is 13.7. The molecular weight excluding hydrogens is 237 g/mol. The molecule has 0 bridgehead atoms. The number of alkyl halides is 2. The Morgan fingerprint density at radius 3 is 2.12 bits per heavy atom. The fraction of sp³-hybridized carbons (Fsp3) is 0.455. The van der Waals surface area contributed by atoms with E-state index < -0.39 is 18.2 Å². The molecule has 0 fully saturated rings. The van der Waals surface area contributed by atoms with Crippen LogP contribution in [0.1, 0.15) is 13.8 Å². The van der Waals surface area contributed by atoms with Gasteiger partial charge in [-0.1, -0.05) is 0 Å². The van der Waals surface area contributed by atoms with Crippen molar-refractivity contribution >= 4 is 0 Å². The van der Waals surface area contributed by atoms with E-state index in [1.54, 1.807) is 13.8 Å². The standard InChI is InChI=1S/C11H13F3O3/c1-3-15-7-5-6-8(16-4-2)10(9(7)12)17-11(13)14/h5-6,11H,3-4H2,1-2H3. The van der Waals surface area contributed by atoms with Gasteiger partial charge < -0.3 is 14.2 Å². The third kappa shape index (κ3) is 3.44. The van der Waals surface area contributed by atoms with E-state index in [0.29, 0.717) is 0 Å². The zero-order chi connectivity index (χ0) is 12.8. The van der Waals surface area contributed by atoms with Crippen molar-refractivity contribution in [3.8, 4) is 17.2 Å². The second-order valence-corrected chi connectivity index (χ2v) is 2.95. The highest BCUT2D eigenvalue weighted by atomic mass is 19.3. The summed E-state index contributed by atoms with van der Waals surface area (Å²) in [7, 11) is 0. The molecule has 6 heteroatoms. The quantitative estimate of drug-likeness (QED) is 0.775. The summed E-state index contributed by atoms with van der Waals surface area (Å²) in [4.78, 5) is 0. The van der Waals surface area contributed by atoms with Gasteiger partial charge in [0.15, 0.2) is 11.5 Å². The highest BCUT2D eigenvalue weighted by Crippen LogP contribution is 2.37. The van der Waals surface area contributed by atoms with Crippen LogP contribution >= 0.6 is 0 Å². The zero-order valence-electron chi connectivity index (χ0n) is 9.50. The maximum absolute atomic E-state index is 13.7. The fourth-order valence-corrected chi connectivity index (χ4v) is 1.26. The summed E-state index contributed by atoms with van der Waals surface area (Å²) < 4.78 is 52.1. The Morgan fingerprint density at radius 1 is 1.06 bits per heavy atom. The molecule has 0 radical (unpaired) electrons. The molecule has 0 saturated heterocycles. The normalized spacial score (nSPS) is 10.5. The predicted molar refractivity (Wildman–Crippen MR) is 55.4 cm³/mol. The molecule has 96 valence electrons. The van der Waals surface area contributed by atoms with Crippen LogP contribution < -0.4 is 14.2 Å². The molecule has 0 amide bonds. The SMILES string of the molecule is CCOc1ccc(OCC)c(OC(F)F)c1F. The first-order valence-corrected chi connectivity index (χ1v) is 5.13. The zero-order valence-corrected chi connectivity index (χ0v) is 9.50. The lowest BCUT2D eigenvalue weighted by molar-refractivity contribution is -0.0540. The summed E-state index contributed by atoms with van der Waals surface area (Å²) >= 11 is 0. The first-order chi connectivity index (χ1) is 8.10. The average molecular weight is 250 g/mol. The minimum absolute atomic E-state index is 0.0752. The van der Waals surface area contributed by atoms with Crippen molar-refractivity contribution in [2.24, 2.45) is 0 Å². The van der Waals surface area contributed by atoms with Gasteiger partial charge in [-0.05, 0) is 26.0 Å². The van der Waals surface area contributed by atoms with Crippen LogP contribution in [0, 0.1) is 5.82 Å². The van der Waals surface area contributed by atoms with Crippen LogP contribution in [0.3, 0.4) is 0 Å². The molecule has 1 aromatic rings. The molecule has 0 heterocycles. The van der Waals surface area contributed by atoms with Crippen LogP contribution in [-0.4, -0.2) is 19.8 Å². The number of hydrogen-bond acceptors (Lipinski definition) is 3. The van der Waals surface area contributed by atoms with Crippen molar-refractivity contribution in [3.63, 3.8) is 0 Å². The molecule has 0 aliphatic rings. The first-order valence-electron chi connectivity index (χ1n) is 5.13. The molecule has 3 nitrogen and oxygen atoms in total. The lowest BCUT2D eigenvalue weighted by Crippen LogP contribution is -2.07. The molecule has 0 unspecified atom stereocenters. The van der Waals surface area contributed by atoms with E-state index in [9.17, 15) is 13.2 Å². The Labute approximate surface area is 97.1 Å². The van der Waals surface area contributed by atoms with Crippen molar-refractivity contribution in [1.29, 1.82) is 0 Å². The molecule has 17 heavy (non-hydrogen) atoms. The van der Waals surface area contributed by atoms with Gasteiger partial charge in [0.2, 0.25) is 11.6 Å². The molecule has 0 saturated carbocycles. The summed E-state index contributed by atoms with van der Waals surface area (Å²) in [6.45, 7) is 0.622. The van der Waals surface area contributed by atoms with E-state index >= 15 is 0 Å². The second-order valence-electron chi connectivity index (χ2n) is 2.95. The predicted octanol–water partition coefficient (Wildman–Crippen LogP) is 3.22. The maximum Gasteiger partial charge on any atom is 0.387 e. The molecule has 0 N–H and O–H groups in total. The largest absolute Gasteiger partial charge is 0.491 e. The van der Waals surface area contributed by atoms with Gasteiger partial charge in [0.05, 0.1) is 13.2 Å². The monoisotopic (exact) mass is 250 g/mol. The third-order valence-electron chi connectivity index (χ3n) is 1.83. The van der Waals surface area contributed by atoms with Crippen LogP contribution in [0.5, 0.6) is 17.2 Å². The van der Waals surface area contributed by atoms with E-state index in [4.69, 9.17) is 9.47 Å². The summed E-state index contributed by atoms with van der Waals surface area (Å²) in [5, 5.41) is 0. The van der Waals surface area contributed by atoms with Crippen molar-refractivity contribution in [1.82, 2.24) is 0 Å². The molecule has 1 rings (SSSR count). The average Bonchev–Trinajstić information content (AvgIpc) is 2.27. The highest BCUT2D eigenvalue weighted by molar-refractivity contribution is 5.47. The fourth-order valence-electron chi connectivity index (χ4n) is 1.26. The molecule has 0 aliphatic heterocycles. The van der Waals surface area contributed by atoms with Gasteiger partial charge in [0.25, 0.3) is 0 Å². The smallest absolute Gasteiger partial charge is 0.387 e.